The Morgan fingerprint density at radius 1 is 1.45 bits per heavy atom. The fourth-order valence-electron chi connectivity index (χ4n) is 2.38. The summed E-state index contributed by atoms with van der Waals surface area (Å²) in [5.74, 6) is 0. The highest BCUT2D eigenvalue weighted by molar-refractivity contribution is 7.89. The quantitative estimate of drug-likeness (QED) is 0.926. The van der Waals surface area contributed by atoms with Crippen molar-refractivity contribution in [1.29, 1.82) is 0 Å². The molecule has 20 heavy (non-hydrogen) atoms. The van der Waals surface area contributed by atoms with E-state index < -0.39 is 10.0 Å². The molecule has 108 valence electrons. The maximum absolute atomic E-state index is 12.5. The van der Waals surface area contributed by atoms with Crippen molar-refractivity contribution in [1.82, 2.24) is 13.5 Å². The van der Waals surface area contributed by atoms with E-state index in [1.807, 2.05) is 6.92 Å². The number of hydrogen-bond acceptors (Lipinski definition) is 6. The van der Waals surface area contributed by atoms with Crippen molar-refractivity contribution >= 4 is 32.8 Å². The first kappa shape index (κ1) is 13.9. The molecule has 0 unspecified atom stereocenters. The van der Waals surface area contributed by atoms with E-state index in [0.29, 0.717) is 17.6 Å². The predicted molar refractivity (Wildman–Crippen MR) is 76.2 cm³/mol. The third kappa shape index (κ3) is 2.56. The fourth-order valence-corrected chi connectivity index (χ4v) is 4.42. The highest BCUT2D eigenvalue weighted by Gasteiger charge is 2.28. The Labute approximate surface area is 121 Å². The first-order chi connectivity index (χ1) is 9.58. The summed E-state index contributed by atoms with van der Waals surface area (Å²) in [6, 6.07) is 4.72. The Bertz CT molecular complexity index is 708. The number of ether oxygens (including phenoxy) is 1. The van der Waals surface area contributed by atoms with Gasteiger partial charge in [0.2, 0.25) is 10.0 Å². The van der Waals surface area contributed by atoms with E-state index in [0.717, 1.165) is 24.6 Å². The van der Waals surface area contributed by atoms with Crippen LogP contribution in [0.1, 0.15) is 19.8 Å². The van der Waals surface area contributed by atoms with Gasteiger partial charge >= 0.3 is 0 Å². The number of fused-ring (bicyclic) bond motifs is 1. The number of sulfonamides is 1. The van der Waals surface area contributed by atoms with Gasteiger partial charge in [0.25, 0.3) is 0 Å². The zero-order valence-corrected chi connectivity index (χ0v) is 12.6. The maximum atomic E-state index is 12.5. The molecule has 8 heteroatoms. The summed E-state index contributed by atoms with van der Waals surface area (Å²) in [4.78, 5) is 0.175. The summed E-state index contributed by atoms with van der Waals surface area (Å²) in [5, 5.41) is 0. The van der Waals surface area contributed by atoms with Crippen molar-refractivity contribution in [3.63, 3.8) is 0 Å². The molecule has 1 N–H and O–H groups in total. The maximum Gasteiger partial charge on any atom is 0.243 e. The number of aromatic nitrogens is 2. The summed E-state index contributed by atoms with van der Waals surface area (Å²) in [7, 11) is -3.62. The normalized spacial score (nSPS) is 21.4. The highest BCUT2D eigenvalue weighted by Crippen LogP contribution is 2.22. The van der Waals surface area contributed by atoms with Crippen LogP contribution in [0.2, 0.25) is 0 Å². The molecule has 1 aliphatic rings. The Hall–Kier alpha value is -1.09. The SMILES string of the molecule is C[C@@H](NS(=O)(=O)c1cccc2nsnc12)[C@H]1CCCO1. The summed E-state index contributed by atoms with van der Waals surface area (Å²) >= 11 is 1.01. The summed E-state index contributed by atoms with van der Waals surface area (Å²) < 4.78 is 41.3. The Morgan fingerprint density at radius 3 is 3.05 bits per heavy atom. The molecule has 0 aliphatic carbocycles. The van der Waals surface area contributed by atoms with E-state index >= 15 is 0 Å². The third-order valence-electron chi connectivity index (χ3n) is 3.40. The second-order valence-electron chi connectivity index (χ2n) is 4.85. The molecular weight excluding hydrogens is 298 g/mol. The van der Waals surface area contributed by atoms with Crippen LogP contribution in [-0.2, 0) is 14.8 Å². The van der Waals surface area contributed by atoms with Gasteiger partial charge < -0.3 is 4.74 Å². The molecule has 6 nitrogen and oxygen atoms in total. The summed E-state index contributed by atoms with van der Waals surface area (Å²) in [6.45, 7) is 2.52. The molecule has 3 rings (SSSR count). The van der Waals surface area contributed by atoms with Crippen molar-refractivity contribution in [3.05, 3.63) is 18.2 Å². The molecule has 0 bridgehead atoms. The first-order valence-electron chi connectivity index (χ1n) is 6.43. The minimum absolute atomic E-state index is 0.0578. The van der Waals surface area contributed by atoms with Crippen LogP contribution in [0.4, 0.5) is 0 Å². The van der Waals surface area contributed by atoms with Crippen molar-refractivity contribution in [2.75, 3.05) is 6.61 Å². The van der Waals surface area contributed by atoms with Gasteiger partial charge in [-0.05, 0) is 31.9 Å². The molecule has 1 aromatic heterocycles. The van der Waals surface area contributed by atoms with E-state index in [1.165, 1.54) is 0 Å². The predicted octanol–water partition coefficient (Wildman–Crippen LogP) is 1.54. The van der Waals surface area contributed by atoms with Crippen LogP contribution in [0.3, 0.4) is 0 Å². The molecule has 2 atom stereocenters. The van der Waals surface area contributed by atoms with Gasteiger partial charge in [-0.25, -0.2) is 13.1 Å². The van der Waals surface area contributed by atoms with E-state index in [-0.39, 0.29) is 17.0 Å². The van der Waals surface area contributed by atoms with Crippen LogP contribution in [0.25, 0.3) is 11.0 Å². The largest absolute Gasteiger partial charge is 0.377 e. The van der Waals surface area contributed by atoms with Gasteiger partial charge in [-0.15, -0.1) is 0 Å². The third-order valence-corrected chi connectivity index (χ3v) is 5.54. The Kier molecular flexibility index (Phi) is 3.72. The molecular formula is C12H15N3O3S2. The molecule has 1 aliphatic heterocycles. The van der Waals surface area contributed by atoms with Crippen molar-refractivity contribution < 1.29 is 13.2 Å². The van der Waals surface area contributed by atoms with Gasteiger partial charge in [-0.1, -0.05) is 6.07 Å². The lowest BCUT2D eigenvalue weighted by molar-refractivity contribution is 0.0902. The van der Waals surface area contributed by atoms with E-state index in [1.54, 1.807) is 18.2 Å². The zero-order chi connectivity index (χ0) is 14.2. The summed E-state index contributed by atoms with van der Waals surface area (Å²) in [6.07, 6.45) is 1.80. The van der Waals surface area contributed by atoms with E-state index in [4.69, 9.17) is 4.74 Å². The smallest absolute Gasteiger partial charge is 0.243 e. The van der Waals surface area contributed by atoms with Gasteiger partial charge in [0, 0.05) is 12.6 Å². The average molecular weight is 313 g/mol. The molecule has 2 heterocycles. The fraction of sp³-hybridized carbons (Fsp3) is 0.500. The Morgan fingerprint density at radius 2 is 2.30 bits per heavy atom. The van der Waals surface area contributed by atoms with Crippen LogP contribution >= 0.6 is 11.7 Å². The summed E-state index contributed by atoms with van der Waals surface area (Å²) in [5.41, 5.74) is 1.02. The molecule has 0 saturated carbocycles. The van der Waals surface area contributed by atoms with Crippen molar-refractivity contribution in [2.24, 2.45) is 0 Å². The van der Waals surface area contributed by atoms with Gasteiger partial charge in [0.05, 0.1) is 17.8 Å². The lowest BCUT2D eigenvalue weighted by atomic mass is 10.1. The van der Waals surface area contributed by atoms with Gasteiger partial charge in [0.15, 0.2) is 0 Å². The molecule has 2 aromatic rings. The lowest BCUT2D eigenvalue weighted by Gasteiger charge is -2.19. The van der Waals surface area contributed by atoms with Gasteiger partial charge in [0.1, 0.15) is 15.9 Å². The highest BCUT2D eigenvalue weighted by atomic mass is 32.2. The topological polar surface area (TPSA) is 81.2 Å². The second-order valence-corrected chi connectivity index (χ2v) is 7.06. The van der Waals surface area contributed by atoms with Gasteiger partial charge in [-0.2, -0.15) is 8.75 Å². The first-order valence-corrected chi connectivity index (χ1v) is 8.64. The number of benzene rings is 1. The standard InChI is InChI=1S/C12H15N3O3S2/c1-8(10-5-3-7-18-10)15-20(16,17)11-6-2-4-9-12(11)14-19-13-9/h2,4,6,8,10,15H,3,5,7H2,1H3/t8-,10-/m1/s1. The minimum Gasteiger partial charge on any atom is -0.377 e. The monoisotopic (exact) mass is 313 g/mol. The lowest BCUT2D eigenvalue weighted by Crippen LogP contribution is -2.40. The van der Waals surface area contributed by atoms with Crippen LogP contribution < -0.4 is 4.72 Å². The van der Waals surface area contributed by atoms with Crippen LogP contribution in [0.5, 0.6) is 0 Å². The van der Waals surface area contributed by atoms with E-state index in [9.17, 15) is 8.42 Å². The van der Waals surface area contributed by atoms with Gasteiger partial charge in [-0.3, -0.25) is 0 Å². The average Bonchev–Trinajstić information content (AvgIpc) is 3.08. The molecule has 1 aromatic carbocycles. The molecule has 1 saturated heterocycles. The van der Waals surface area contributed by atoms with Crippen LogP contribution in [0, 0.1) is 0 Å². The van der Waals surface area contributed by atoms with Crippen LogP contribution in [-0.4, -0.2) is 35.9 Å². The van der Waals surface area contributed by atoms with E-state index in [2.05, 4.69) is 13.5 Å². The van der Waals surface area contributed by atoms with Crippen molar-refractivity contribution in [2.45, 2.75) is 36.8 Å². The molecule has 1 fully saturated rings. The zero-order valence-electron chi connectivity index (χ0n) is 10.9. The molecule has 0 spiro atoms. The number of hydrogen-bond donors (Lipinski definition) is 1. The minimum atomic E-state index is -3.62. The number of rotatable bonds is 4. The van der Waals surface area contributed by atoms with Crippen LogP contribution in [0.15, 0.2) is 23.1 Å². The van der Waals surface area contributed by atoms with Crippen molar-refractivity contribution in [3.8, 4) is 0 Å². The second kappa shape index (κ2) is 5.36. The molecule has 0 amide bonds. The Balaban J connectivity index is 1.89. The molecule has 0 radical (unpaired) electrons. The number of nitrogens with one attached hydrogen (secondary N) is 1. The number of nitrogens with zero attached hydrogens (tertiary/aromatic N) is 2.